The number of carbonyl (C=O) groups is 1. The molecule has 8 rings (SSSR count). The number of nitrogens with zero attached hydrogens (tertiary/aromatic N) is 3. The number of fused-ring (bicyclic) bond motifs is 1. The van der Waals surface area contributed by atoms with Gasteiger partial charge in [-0.1, -0.05) is 43.2 Å². The summed E-state index contributed by atoms with van der Waals surface area (Å²) in [4.78, 5) is 26.2. The first-order valence-electron chi connectivity index (χ1n) is 21.3. The van der Waals surface area contributed by atoms with Gasteiger partial charge >= 0.3 is 0 Å². The standard InChI is InChI=1S/C48H56ClN5O6S/c1-32-25-40(10-12-43(32)59-31-33-13-18-48(4,56)19-14-33)61(57,58)52-46(55)41-11-9-38(27-44(41)60-39-26-35-16-20-50-45(35)51-29-39)54-23-21-53(22-24-54)30-36-15-17-47(2,3)28-42(36)34-5-7-37(49)8-6-34/h5-12,16,20,25-27,29,33,56H,13-15,17-19,21-24,28,30-31H2,1-4H3,(H,50,51)(H,52,55)/t33-,48-. The van der Waals surface area contributed by atoms with Crippen LogP contribution in [0.2, 0.25) is 5.02 Å². The lowest BCUT2D eigenvalue weighted by atomic mass is 9.72. The van der Waals surface area contributed by atoms with E-state index in [9.17, 15) is 18.3 Å². The largest absolute Gasteiger partial charge is 0.493 e. The van der Waals surface area contributed by atoms with E-state index in [1.54, 1.807) is 31.5 Å². The van der Waals surface area contributed by atoms with Gasteiger partial charge < -0.3 is 24.5 Å². The fourth-order valence-corrected chi connectivity index (χ4v) is 10.0. The number of ether oxygens (including phenoxy) is 2. The van der Waals surface area contributed by atoms with Crippen LogP contribution in [0.4, 0.5) is 5.69 Å². The van der Waals surface area contributed by atoms with E-state index in [-0.39, 0.29) is 21.6 Å². The van der Waals surface area contributed by atoms with Gasteiger partial charge in [-0.05, 0) is 141 Å². The minimum Gasteiger partial charge on any atom is -0.493 e. The minimum absolute atomic E-state index is 0.0496. The van der Waals surface area contributed by atoms with E-state index in [2.05, 4.69) is 50.5 Å². The van der Waals surface area contributed by atoms with Crippen LogP contribution in [-0.4, -0.2) is 79.2 Å². The molecule has 3 N–H and O–H groups in total. The van der Waals surface area contributed by atoms with Crippen molar-refractivity contribution in [1.29, 1.82) is 0 Å². The predicted molar refractivity (Wildman–Crippen MR) is 241 cm³/mol. The summed E-state index contributed by atoms with van der Waals surface area (Å²) in [5, 5.41) is 11.9. The van der Waals surface area contributed by atoms with E-state index in [1.165, 1.54) is 28.8 Å². The Morgan fingerprint density at radius 1 is 0.951 bits per heavy atom. The average Bonchev–Trinajstić information content (AvgIpc) is 3.70. The Balaban J connectivity index is 0.974. The molecule has 1 saturated heterocycles. The van der Waals surface area contributed by atoms with E-state index in [4.69, 9.17) is 21.1 Å². The zero-order chi connectivity index (χ0) is 42.9. The fourth-order valence-electron chi connectivity index (χ4n) is 8.84. The van der Waals surface area contributed by atoms with Gasteiger partial charge in [-0.3, -0.25) is 9.69 Å². The number of H-pyrrole nitrogens is 1. The van der Waals surface area contributed by atoms with Crippen LogP contribution < -0.4 is 19.1 Å². The highest BCUT2D eigenvalue weighted by Gasteiger charge is 2.31. The minimum atomic E-state index is -4.27. The van der Waals surface area contributed by atoms with Crippen molar-refractivity contribution in [2.75, 3.05) is 44.2 Å². The van der Waals surface area contributed by atoms with Gasteiger partial charge in [0.1, 0.15) is 22.9 Å². The summed E-state index contributed by atoms with van der Waals surface area (Å²) in [6.07, 6.45) is 9.83. The van der Waals surface area contributed by atoms with E-state index >= 15 is 0 Å². The molecule has 0 radical (unpaired) electrons. The lowest BCUT2D eigenvalue weighted by molar-refractivity contribution is 0.00148. The van der Waals surface area contributed by atoms with Crippen LogP contribution in [-0.2, 0) is 10.0 Å². The highest BCUT2D eigenvalue weighted by molar-refractivity contribution is 7.90. The van der Waals surface area contributed by atoms with Crippen LogP contribution in [0.25, 0.3) is 16.6 Å². The van der Waals surface area contributed by atoms with E-state index < -0.39 is 21.5 Å². The molecule has 61 heavy (non-hydrogen) atoms. The highest BCUT2D eigenvalue weighted by Crippen LogP contribution is 2.43. The Morgan fingerprint density at radius 2 is 1.70 bits per heavy atom. The van der Waals surface area contributed by atoms with Gasteiger partial charge in [0.25, 0.3) is 15.9 Å². The molecular weight excluding hydrogens is 810 g/mol. The van der Waals surface area contributed by atoms with Crippen molar-refractivity contribution >= 4 is 49.8 Å². The number of aryl methyl sites for hydroxylation is 1. The molecule has 0 atom stereocenters. The lowest BCUT2D eigenvalue weighted by Crippen LogP contribution is -2.47. The maximum atomic E-state index is 13.9. The first-order chi connectivity index (χ1) is 29.1. The number of benzene rings is 3. The number of halogens is 1. The number of aromatic nitrogens is 2. The van der Waals surface area contributed by atoms with Gasteiger partial charge in [0, 0.05) is 61.1 Å². The number of carbonyl (C=O) groups excluding carboxylic acids is 1. The highest BCUT2D eigenvalue weighted by atomic mass is 35.5. The molecular formula is C48H56ClN5O6S. The van der Waals surface area contributed by atoms with Crippen molar-refractivity contribution in [3.8, 4) is 17.2 Å². The van der Waals surface area contributed by atoms with Gasteiger partial charge in [0.05, 0.1) is 28.9 Å². The Morgan fingerprint density at radius 3 is 2.44 bits per heavy atom. The smallest absolute Gasteiger partial charge is 0.268 e. The molecule has 2 aliphatic carbocycles. The first kappa shape index (κ1) is 42.8. The van der Waals surface area contributed by atoms with Crippen LogP contribution >= 0.6 is 11.6 Å². The third kappa shape index (κ3) is 10.3. The summed E-state index contributed by atoms with van der Waals surface area (Å²) in [6.45, 7) is 13.0. The van der Waals surface area contributed by atoms with E-state index in [0.717, 1.165) is 93.8 Å². The van der Waals surface area contributed by atoms with Crippen molar-refractivity contribution < 1.29 is 27.8 Å². The number of sulfonamides is 1. The van der Waals surface area contributed by atoms with E-state index in [1.807, 2.05) is 43.3 Å². The summed E-state index contributed by atoms with van der Waals surface area (Å²) in [6, 6.07) is 21.8. The van der Waals surface area contributed by atoms with Gasteiger partial charge in [0.2, 0.25) is 0 Å². The topological polar surface area (TPSA) is 137 Å². The van der Waals surface area contributed by atoms with Gasteiger partial charge in [-0.25, -0.2) is 18.1 Å². The quantitative estimate of drug-likeness (QED) is 0.112. The number of nitrogens with one attached hydrogen (secondary N) is 2. The second kappa shape index (κ2) is 17.5. The predicted octanol–water partition coefficient (Wildman–Crippen LogP) is 9.54. The number of amides is 1. The van der Waals surface area contributed by atoms with Crippen LogP contribution in [0.3, 0.4) is 0 Å². The van der Waals surface area contributed by atoms with Crippen LogP contribution in [0.1, 0.15) is 87.2 Å². The Kier molecular flexibility index (Phi) is 12.3. The number of anilines is 1. The van der Waals surface area contributed by atoms with Crippen LogP contribution in [0.15, 0.2) is 95.7 Å². The molecule has 3 heterocycles. The average molecular weight is 867 g/mol. The van der Waals surface area contributed by atoms with Crippen molar-refractivity contribution in [3.05, 3.63) is 112 Å². The number of allylic oxidation sites excluding steroid dienone is 1. The first-order valence-corrected chi connectivity index (χ1v) is 23.2. The Bertz CT molecular complexity index is 2530. The van der Waals surface area contributed by atoms with E-state index in [0.29, 0.717) is 35.2 Å². The Hall–Kier alpha value is -4.88. The van der Waals surface area contributed by atoms with Crippen molar-refractivity contribution in [2.24, 2.45) is 11.3 Å². The zero-order valence-electron chi connectivity index (χ0n) is 35.5. The van der Waals surface area contributed by atoms with Gasteiger partial charge in [-0.15, -0.1) is 0 Å². The molecule has 1 saturated carbocycles. The number of rotatable bonds is 12. The molecule has 3 aromatic carbocycles. The SMILES string of the molecule is Cc1cc(S(=O)(=O)NC(=O)c2ccc(N3CCN(CC4=C(c5ccc(Cl)cc5)CC(C)(C)CC4)CC3)cc2Oc2cnc3[nH]ccc3c2)ccc1OC[C@H]1CC[C@](C)(O)CC1. The molecule has 1 amide bonds. The van der Waals surface area contributed by atoms with Crippen LogP contribution in [0, 0.1) is 18.3 Å². The fraction of sp³-hybridized carbons (Fsp3) is 0.417. The number of hydrogen-bond donors (Lipinski definition) is 3. The molecule has 11 nitrogen and oxygen atoms in total. The number of hydrogen-bond acceptors (Lipinski definition) is 9. The van der Waals surface area contributed by atoms with Crippen molar-refractivity contribution in [1.82, 2.24) is 19.6 Å². The summed E-state index contributed by atoms with van der Waals surface area (Å²) in [5.74, 6) is 0.726. The molecule has 322 valence electrons. The summed E-state index contributed by atoms with van der Waals surface area (Å²) < 4.78 is 42.1. The van der Waals surface area contributed by atoms with Crippen molar-refractivity contribution in [2.45, 2.75) is 83.1 Å². The number of piperazine rings is 1. The van der Waals surface area contributed by atoms with Gasteiger partial charge in [0.15, 0.2) is 0 Å². The molecule has 3 aliphatic rings. The normalized spacial score (nSPS) is 21.1. The molecule has 0 bridgehead atoms. The number of aromatic amines is 1. The third-order valence-corrected chi connectivity index (χ3v) is 14.3. The number of pyridine rings is 1. The summed E-state index contributed by atoms with van der Waals surface area (Å²) in [5.41, 5.74) is 6.09. The molecule has 0 spiro atoms. The van der Waals surface area contributed by atoms with Crippen molar-refractivity contribution in [3.63, 3.8) is 0 Å². The van der Waals surface area contributed by atoms with Crippen LogP contribution in [0.5, 0.6) is 17.2 Å². The molecule has 5 aromatic rings. The molecule has 0 unspecified atom stereocenters. The monoisotopic (exact) mass is 865 g/mol. The molecule has 1 aliphatic heterocycles. The Labute approximate surface area is 364 Å². The second-order valence-electron chi connectivity index (χ2n) is 18.2. The zero-order valence-corrected chi connectivity index (χ0v) is 37.0. The maximum Gasteiger partial charge on any atom is 0.268 e. The molecule has 2 aromatic heterocycles. The summed E-state index contributed by atoms with van der Waals surface area (Å²) >= 11 is 6.25. The molecule has 2 fully saturated rings. The number of aliphatic hydroxyl groups is 1. The second-order valence-corrected chi connectivity index (χ2v) is 20.3. The van der Waals surface area contributed by atoms with Gasteiger partial charge in [-0.2, -0.15) is 0 Å². The summed E-state index contributed by atoms with van der Waals surface area (Å²) in [7, 11) is -4.27. The lowest BCUT2D eigenvalue weighted by Gasteiger charge is -2.39. The third-order valence-electron chi connectivity index (χ3n) is 12.7. The molecule has 13 heteroatoms. The maximum absolute atomic E-state index is 13.9.